The van der Waals surface area contributed by atoms with E-state index in [2.05, 4.69) is 72.4 Å². The van der Waals surface area contributed by atoms with Crippen LogP contribution in [-0.4, -0.2) is 124 Å². The fourth-order valence-corrected chi connectivity index (χ4v) is 9.69. The molecule has 0 fully saturated rings. The molecule has 0 bridgehead atoms. The van der Waals surface area contributed by atoms with Crippen LogP contribution < -0.4 is 54.4 Å². The Morgan fingerprint density at radius 3 is 1.74 bits per heavy atom. The van der Waals surface area contributed by atoms with Crippen LogP contribution in [-0.2, 0) is 64.0 Å². The number of aromatic amines is 1. The summed E-state index contributed by atoms with van der Waals surface area (Å²) in [6.07, 6.45) is 5.51. The van der Waals surface area contributed by atoms with Crippen molar-refractivity contribution in [2.45, 2.75) is 114 Å². The van der Waals surface area contributed by atoms with Gasteiger partial charge in [-0.05, 0) is 94.9 Å². The van der Waals surface area contributed by atoms with E-state index in [-0.39, 0.29) is 50.2 Å². The van der Waals surface area contributed by atoms with E-state index in [1.165, 1.54) is 36.7 Å². The summed E-state index contributed by atoms with van der Waals surface area (Å²) in [4.78, 5) is 120. The molecule has 436 valence electrons. The number of unbranched alkanes of at least 4 members (excludes halogenated alkanes) is 1. The molecule has 2 heterocycles. The number of pyridine rings is 1. The average Bonchev–Trinajstić information content (AvgIpc) is 3.99. The smallest absolute Gasteiger partial charge is 0.244 e. The highest BCUT2D eigenvalue weighted by Gasteiger charge is 2.38. The van der Waals surface area contributed by atoms with E-state index in [0.717, 1.165) is 27.2 Å². The van der Waals surface area contributed by atoms with Gasteiger partial charge in [0.1, 0.15) is 48.1 Å². The van der Waals surface area contributed by atoms with Crippen molar-refractivity contribution in [2.75, 3.05) is 18.1 Å². The highest BCUT2D eigenvalue weighted by Crippen LogP contribution is 2.23. The minimum Gasteiger partial charge on any atom is -0.368 e. The van der Waals surface area contributed by atoms with Gasteiger partial charge in [0.05, 0.1) is 6.04 Å². The first-order valence-electron chi connectivity index (χ1n) is 26.9. The molecule has 0 aliphatic heterocycles. The summed E-state index contributed by atoms with van der Waals surface area (Å²) in [5.41, 5.74) is 20.1. The molecule has 6 aromatic rings. The summed E-state index contributed by atoms with van der Waals surface area (Å²) in [5, 5.41) is 21.7. The molecular weight excluding hydrogens is 1090 g/mol. The quantitative estimate of drug-likeness (QED) is 0.0239. The highest BCUT2D eigenvalue weighted by molar-refractivity contribution is 7.80. The predicted octanol–water partition coefficient (Wildman–Crippen LogP) is 2.37. The normalized spacial score (nSPS) is 14.4. The van der Waals surface area contributed by atoms with Crippen molar-refractivity contribution >= 4 is 94.2 Å². The van der Waals surface area contributed by atoms with E-state index in [4.69, 9.17) is 17.2 Å². The maximum Gasteiger partial charge on any atom is 0.244 e. The number of hydrogen-bond acceptors (Lipinski definition) is 13. The van der Waals surface area contributed by atoms with Crippen molar-refractivity contribution in [3.05, 3.63) is 150 Å². The number of fused-ring (bicyclic) bond motifs is 2. The van der Waals surface area contributed by atoms with Crippen molar-refractivity contribution in [1.82, 2.24) is 47.2 Å². The molecule has 82 heavy (non-hydrogen) atoms. The van der Waals surface area contributed by atoms with Crippen LogP contribution in [0.2, 0.25) is 0 Å². The second-order valence-electron chi connectivity index (χ2n) is 21.2. The van der Waals surface area contributed by atoms with Gasteiger partial charge >= 0.3 is 0 Å². The molecule has 14 N–H and O–H groups in total. The molecule has 23 heteroatoms. The molecule has 8 amide bonds. The topological polar surface area (TPSA) is 328 Å². The summed E-state index contributed by atoms with van der Waals surface area (Å²) >= 11 is 8.66. The molecule has 2 aromatic heterocycles. The molecule has 0 radical (unpaired) electrons. The fraction of sp³-hybridized carbons (Fsp3) is 0.373. The summed E-state index contributed by atoms with van der Waals surface area (Å²) in [7, 11) is 0. The standard InChI is InChI=1S/C59H73FN12O8S2/c1-59(2,3)50(58(80)71-49(33-82)56(78)67-45(51(63)73)27-35-17-20-37-12-4-5-13-38(37)25-35)72-53(75)44(16-8-9-23-61)66-55(77)47(29-39-31-65-43-15-7-6-14-41(39)43)69-54(76)46(28-36-11-10-24-64-30-36)68-57(79)48(32-81)70-52(74)42(62)26-34-18-21-40(60)22-19-34/h4-7,10-15,17-22,24-25,30-31,42,44-50,65,81-82H,8-9,16,23,26-29,32-33,61-62H2,1-3H3,(H2,63,73)(H,66,77)(H,67,78)(H,68,79)(H,69,76)(H,70,74)(H,71,80)(H,72,75)/t42-,44-,45-,46-,47+,48+,49-,50+/m0/s1. The number of halogens is 1. The number of hydrogen-bond donors (Lipinski definition) is 13. The van der Waals surface area contributed by atoms with E-state index in [9.17, 15) is 42.7 Å². The third-order valence-electron chi connectivity index (χ3n) is 13.8. The number of rotatable bonds is 29. The maximum atomic E-state index is 14.9. The Morgan fingerprint density at radius 1 is 0.573 bits per heavy atom. The maximum absolute atomic E-state index is 14.9. The molecular formula is C59H73FN12O8S2. The lowest BCUT2D eigenvalue weighted by atomic mass is 9.85. The number of nitrogens with two attached hydrogens (primary N) is 3. The van der Waals surface area contributed by atoms with Gasteiger partial charge in [-0.15, -0.1) is 0 Å². The van der Waals surface area contributed by atoms with Gasteiger partial charge in [0.2, 0.25) is 47.3 Å². The number of nitrogens with zero attached hydrogens (tertiary/aromatic N) is 1. The number of nitrogens with one attached hydrogen (secondary N) is 8. The Kier molecular flexibility index (Phi) is 23.4. The first kappa shape index (κ1) is 63.3. The molecule has 4 aromatic carbocycles. The number of benzene rings is 4. The minimum absolute atomic E-state index is 0.0354. The van der Waals surface area contributed by atoms with Gasteiger partial charge in [-0.3, -0.25) is 43.3 Å². The Labute approximate surface area is 486 Å². The van der Waals surface area contributed by atoms with Crippen LogP contribution in [0.1, 0.15) is 62.3 Å². The number of thiol groups is 2. The van der Waals surface area contributed by atoms with E-state index < -0.39 is 107 Å². The van der Waals surface area contributed by atoms with Crippen LogP contribution in [0.3, 0.4) is 0 Å². The SMILES string of the molecule is CC(C)(C)[C@H](NC(=O)[C@H](CCCCN)NC(=O)[C@@H](Cc1c[nH]c2ccccc12)NC(=O)[C@H](Cc1cccnc1)NC(=O)[C@@H](CS)NC(=O)[C@@H](N)Cc1ccc(F)cc1)C(=O)N[C@@H](CS)C(=O)N[C@@H](Cc1ccc2ccccc2c1)C(N)=O. The number of H-pyrrole nitrogens is 1. The number of primary amides is 1. The van der Waals surface area contributed by atoms with E-state index in [1.807, 2.05) is 66.7 Å². The molecule has 20 nitrogen and oxygen atoms in total. The second kappa shape index (κ2) is 30.3. The predicted molar refractivity (Wildman–Crippen MR) is 318 cm³/mol. The molecule has 0 saturated heterocycles. The zero-order chi connectivity index (χ0) is 59.5. The Bertz CT molecular complexity index is 3180. The van der Waals surface area contributed by atoms with Crippen molar-refractivity contribution in [2.24, 2.45) is 22.6 Å². The third-order valence-corrected chi connectivity index (χ3v) is 14.5. The van der Waals surface area contributed by atoms with Crippen molar-refractivity contribution in [3.63, 3.8) is 0 Å². The average molecular weight is 1160 g/mol. The van der Waals surface area contributed by atoms with Crippen LogP contribution in [0.4, 0.5) is 4.39 Å². The monoisotopic (exact) mass is 1160 g/mol. The van der Waals surface area contributed by atoms with Crippen molar-refractivity contribution < 1.29 is 42.7 Å². The minimum atomic E-state index is -1.39. The van der Waals surface area contributed by atoms with Gasteiger partial charge < -0.3 is 59.4 Å². The molecule has 0 aliphatic rings. The van der Waals surface area contributed by atoms with Crippen LogP contribution in [0.5, 0.6) is 0 Å². The van der Waals surface area contributed by atoms with Gasteiger partial charge in [-0.25, -0.2) is 4.39 Å². The molecule has 6 rings (SSSR count). The van der Waals surface area contributed by atoms with E-state index in [1.54, 1.807) is 39.1 Å². The van der Waals surface area contributed by atoms with Gasteiger partial charge in [0, 0.05) is 60.3 Å². The lowest BCUT2D eigenvalue weighted by Gasteiger charge is -2.33. The van der Waals surface area contributed by atoms with Crippen LogP contribution in [0.15, 0.2) is 122 Å². The van der Waals surface area contributed by atoms with Gasteiger partial charge in [0.25, 0.3) is 0 Å². The number of carbonyl (C=O) groups excluding carboxylic acids is 8. The van der Waals surface area contributed by atoms with Crippen LogP contribution >= 0.6 is 25.3 Å². The highest BCUT2D eigenvalue weighted by atomic mass is 32.1. The number of para-hydroxylation sites is 1. The number of amides is 8. The van der Waals surface area contributed by atoms with Crippen molar-refractivity contribution in [1.29, 1.82) is 0 Å². The third kappa shape index (κ3) is 18.3. The number of carbonyl (C=O) groups is 8. The van der Waals surface area contributed by atoms with Crippen LogP contribution in [0.25, 0.3) is 21.7 Å². The summed E-state index contributed by atoms with van der Waals surface area (Å²) in [5.74, 6) is -6.98. The molecule has 0 aliphatic carbocycles. The lowest BCUT2D eigenvalue weighted by molar-refractivity contribution is -0.136. The number of aromatic nitrogens is 2. The van der Waals surface area contributed by atoms with E-state index in [0.29, 0.717) is 29.5 Å². The van der Waals surface area contributed by atoms with E-state index >= 15 is 0 Å². The summed E-state index contributed by atoms with van der Waals surface area (Å²) in [6.45, 7) is 5.37. The van der Waals surface area contributed by atoms with Crippen molar-refractivity contribution in [3.8, 4) is 0 Å². The molecule has 8 atom stereocenters. The van der Waals surface area contributed by atoms with Gasteiger partial charge in [-0.1, -0.05) is 99.6 Å². The lowest BCUT2D eigenvalue weighted by Crippen LogP contribution is -2.62. The van der Waals surface area contributed by atoms with Gasteiger partial charge in [-0.2, -0.15) is 25.3 Å². The molecule has 0 spiro atoms. The zero-order valence-corrected chi connectivity index (χ0v) is 47.7. The summed E-state index contributed by atoms with van der Waals surface area (Å²) in [6, 6.07) is 19.2. The zero-order valence-electron chi connectivity index (χ0n) is 46.0. The molecule has 0 unspecified atom stereocenters. The first-order valence-corrected chi connectivity index (χ1v) is 28.2. The van der Waals surface area contributed by atoms with Gasteiger partial charge in [0.15, 0.2) is 0 Å². The molecule has 0 saturated carbocycles. The second-order valence-corrected chi connectivity index (χ2v) is 21.9. The Balaban J connectivity index is 1.21. The largest absolute Gasteiger partial charge is 0.368 e. The Morgan fingerprint density at radius 2 is 1.12 bits per heavy atom. The Hall–Kier alpha value is -7.86. The summed E-state index contributed by atoms with van der Waals surface area (Å²) < 4.78 is 13.5. The first-order chi connectivity index (χ1) is 39.2. The fourth-order valence-electron chi connectivity index (χ4n) is 9.18. The van der Waals surface area contributed by atoms with Crippen LogP contribution in [0, 0.1) is 11.2 Å².